The molecule has 1 saturated heterocycles. The number of hydrogen-bond acceptors (Lipinski definition) is 2. The molecule has 114 valence electrons. The van der Waals surface area contributed by atoms with Crippen molar-refractivity contribution in [3.63, 3.8) is 0 Å². The number of benzene rings is 1. The predicted molar refractivity (Wildman–Crippen MR) is 86.4 cm³/mol. The number of carbonyl (C=O) groups excluding carboxylic acids is 1. The molecule has 1 heterocycles. The molecule has 1 aromatic rings. The molecule has 21 heavy (non-hydrogen) atoms. The van der Waals surface area contributed by atoms with E-state index in [1.807, 2.05) is 0 Å². The van der Waals surface area contributed by atoms with Crippen LogP contribution >= 0.6 is 11.6 Å². The summed E-state index contributed by atoms with van der Waals surface area (Å²) in [6.07, 6.45) is 3.38. The van der Waals surface area contributed by atoms with Crippen molar-refractivity contribution in [2.24, 2.45) is 10.8 Å². The molecule has 2 fully saturated rings. The highest BCUT2D eigenvalue weighted by Crippen LogP contribution is 2.52. The van der Waals surface area contributed by atoms with E-state index >= 15 is 0 Å². The van der Waals surface area contributed by atoms with Gasteiger partial charge in [0.05, 0.1) is 10.7 Å². The fourth-order valence-electron chi connectivity index (χ4n) is 4.52. The minimum atomic E-state index is 0.0864. The van der Waals surface area contributed by atoms with E-state index in [4.69, 9.17) is 17.3 Å². The van der Waals surface area contributed by atoms with Crippen LogP contribution in [0, 0.1) is 10.8 Å². The number of nitrogen functional groups attached to an aromatic ring is 1. The maximum Gasteiger partial charge on any atom is 0.254 e. The van der Waals surface area contributed by atoms with Gasteiger partial charge in [-0.05, 0) is 48.3 Å². The van der Waals surface area contributed by atoms with Gasteiger partial charge < -0.3 is 10.6 Å². The van der Waals surface area contributed by atoms with Gasteiger partial charge in [0.2, 0.25) is 0 Å². The number of fused-ring (bicyclic) bond motifs is 2. The lowest BCUT2D eigenvalue weighted by Gasteiger charge is -2.39. The smallest absolute Gasteiger partial charge is 0.254 e. The average molecular weight is 307 g/mol. The molecule has 1 aromatic carbocycles. The summed E-state index contributed by atoms with van der Waals surface area (Å²) in [6, 6.07) is 5.53. The van der Waals surface area contributed by atoms with E-state index in [1.165, 1.54) is 6.42 Å². The van der Waals surface area contributed by atoms with Gasteiger partial charge in [0.25, 0.3) is 5.91 Å². The molecule has 1 aliphatic heterocycles. The van der Waals surface area contributed by atoms with E-state index in [0.29, 0.717) is 27.7 Å². The maximum atomic E-state index is 12.8. The Labute approximate surface area is 131 Å². The number of hydrogen-bond donors (Lipinski definition) is 1. The number of amides is 1. The Bertz CT molecular complexity index is 598. The van der Waals surface area contributed by atoms with Gasteiger partial charge in [-0.1, -0.05) is 32.4 Å². The van der Waals surface area contributed by atoms with Crippen LogP contribution in [0.4, 0.5) is 5.69 Å². The molecule has 0 radical (unpaired) electrons. The van der Waals surface area contributed by atoms with Gasteiger partial charge in [-0.25, -0.2) is 0 Å². The third-order valence-electron chi connectivity index (χ3n) is 4.92. The molecule has 2 bridgehead atoms. The first-order valence-corrected chi connectivity index (χ1v) is 7.93. The molecule has 0 spiro atoms. The van der Waals surface area contributed by atoms with Gasteiger partial charge in [0.1, 0.15) is 0 Å². The van der Waals surface area contributed by atoms with E-state index in [2.05, 4.69) is 25.7 Å². The van der Waals surface area contributed by atoms with Crippen molar-refractivity contribution < 1.29 is 4.79 Å². The summed E-state index contributed by atoms with van der Waals surface area (Å²) >= 11 is 6.05. The monoisotopic (exact) mass is 306 g/mol. The van der Waals surface area contributed by atoms with Crippen LogP contribution in [-0.4, -0.2) is 23.4 Å². The number of halogens is 1. The topological polar surface area (TPSA) is 46.3 Å². The van der Waals surface area contributed by atoms with Crippen molar-refractivity contribution in [1.82, 2.24) is 4.90 Å². The predicted octanol–water partition coefficient (Wildman–Crippen LogP) is 3.96. The lowest BCUT2D eigenvalue weighted by Crippen LogP contribution is -2.37. The van der Waals surface area contributed by atoms with Gasteiger partial charge in [-0.15, -0.1) is 0 Å². The van der Waals surface area contributed by atoms with E-state index in [9.17, 15) is 4.79 Å². The quantitative estimate of drug-likeness (QED) is 0.798. The molecule has 1 saturated carbocycles. The number of carbonyl (C=O) groups is 1. The summed E-state index contributed by atoms with van der Waals surface area (Å²) in [5.74, 6) is 0.0864. The number of nitrogens with zero attached hydrogens (tertiary/aromatic N) is 1. The molecule has 2 atom stereocenters. The zero-order valence-corrected chi connectivity index (χ0v) is 13.7. The van der Waals surface area contributed by atoms with Crippen LogP contribution in [0.1, 0.15) is 50.4 Å². The largest absolute Gasteiger partial charge is 0.398 e. The Morgan fingerprint density at radius 2 is 2.05 bits per heavy atom. The van der Waals surface area contributed by atoms with E-state index in [0.717, 1.165) is 19.4 Å². The molecule has 2 unspecified atom stereocenters. The van der Waals surface area contributed by atoms with Crippen molar-refractivity contribution in [3.8, 4) is 0 Å². The zero-order valence-electron chi connectivity index (χ0n) is 12.9. The van der Waals surface area contributed by atoms with Crippen LogP contribution in [0.2, 0.25) is 5.02 Å². The molecule has 2 aliphatic rings. The SMILES string of the molecule is CC1(C)CC2CC(C)(CN2C(=O)c2ccc(N)c(Cl)c2)C1. The molecule has 0 aromatic heterocycles. The van der Waals surface area contributed by atoms with E-state index in [1.54, 1.807) is 18.2 Å². The van der Waals surface area contributed by atoms with Gasteiger partial charge in [-0.3, -0.25) is 4.79 Å². The van der Waals surface area contributed by atoms with Gasteiger partial charge in [0, 0.05) is 18.2 Å². The Hall–Kier alpha value is -1.22. The molecule has 2 N–H and O–H groups in total. The standard InChI is InChI=1S/C17H23ClN2O/c1-16(2)7-12-8-17(3,9-16)10-20(12)15(21)11-4-5-14(19)13(18)6-11/h4-6,12H,7-10,19H2,1-3H3. The first kappa shape index (κ1) is 14.7. The van der Waals surface area contributed by atoms with Crippen LogP contribution < -0.4 is 5.73 Å². The zero-order chi connectivity index (χ0) is 15.4. The molecule has 3 rings (SSSR count). The van der Waals surface area contributed by atoms with Gasteiger partial charge >= 0.3 is 0 Å². The van der Waals surface area contributed by atoms with Crippen molar-refractivity contribution in [3.05, 3.63) is 28.8 Å². The molecular formula is C17H23ClN2O. The third-order valence-corrected chi connectivity index (χ3v) is 5.25. The summed E-state index contributed by atoms with van der Waals surface area (Å²) in [5, 5.41) is 0.453. The highest BCUT2D eigenvalue weighted by atomic mass is 35.5. The molecule has 1 amide bonds. The second kappa shape index (κ2) is 4.64. The molecular weight excluding hydrogens is 284 g/mol. The Balaban J connectivity index is 1.87. The van der Waals surface area contributed by atoms with Gasteiger partial charge in [0.15, 0.2) is 0 Å². The number of rotatable bonds is 1. The van der Waals surface area contributed by atoms with Crippen LogP contribution in [0.3, 0.4) is 0 Å². The first-order valence-electron chi connectivity index (χ1n) is 7.55. The minimum absolute atomic E-state index is 0.0864. The van der Waals surface area contributed by atoms with Crippen LogP contribution in [0.25, 0.3) is 0 Å². The highest BCUT2D eigenvalue weighted by molar-refractivity contribution is 6.33. The molecule has 1 aliphatic carbocycles. The number of likely N-dealkylation sites (tertiary alicyclic amines) is 1. The first-order chi connectivity index (χ1) is 9.69. The average Bonchev–Trinajstić information content (AvgIpc) is 2.61. The Morgan fingerprint density at radius 3 is 2.71 bits per heavy atom. The fourth-order valence-corrected chi connectivity index (χ4v) is 4.70. The lowest BCUT2D eigenvalue weighted by molar-refractivity contribution is 0.0708. The van der Waals surface area contributed by atoms with Crippen molar-refractivity contribution in [2.75, 3.05) is 12.3 Å². The van der Waals surface area contributed by atoms with Crippen LogP contribution in [0.5, 0.6) is 0 Å². The summed E-state index contributed by atoms with van der Waals surface area (Å²) < 4.78 is 0. The van der Waals surface area contributed by atoms with Crippen molar-refractivity contribution in [2.45, 2.75) is 46.1 Å². The number of nitrogens with two attached hydrogens (primary N) is 1. The second-order valence-electron chi connectivity index (χ2n) is 7.88. The van der Waals surface area contributed by atoms with E-state index < -0.39 is 0 Å². The van der Waals surface area contributed by atoms with Crippen LogP contribution in [0.15, 0.2) is 18.2 Å². The summed E-state index contributed by atoms with van der Waals surface area (Å²) in [7, 11) is 0. The maximum absolute atomic E-state index is 12.8. The molecule has 3 nitrogen and oxygen atoms in total. The summed E-state index contributed by atoms with van der Waals surface area (Å²) in [4.78, 5) is 14.9. The normalized spacial score (nSPS) is 30.5. The Morgan fingerprint density at radius 1 is 1.33 bits per heavy atom. The molecule has 4 heteroatoms. The van der Waals surface area contributed by atoms with Crippen molar-refractivity contribution in [1.29, 1.82) is 0 Å². The van der Waals surface area contributed by atoms with Crippen LogP contribution in [-0.2, 0) is 0 Å². The van der Waals surface area contributed by atoms with Gasteiger partial charge in [-0.2, -0.15) is 0 Å². The lowest BCUT2D eigenvalue weighted by atomic mass is 9.65. The number of anilines is 1. The summed E-state index contributed by atoms with van der Waals surface area (Å²) in [5.41, 5.74) is 7.45. The Kier molecular flexibility index (Phi) is 3.25. The third kappa shape index (κ3) is 2.64. The van der Waals surface area contributed by atoms with Crippen molar-refractivity contribution >= 4 is 23.2 Å². The van der Waals surface area contributed by atoms with E-state index in [-0.39, 0.29) is 11.3 Å². The second-order valence-corrected chi connectivity index (χ2v) is 8.29. The fraction of sp³-hybridized carbons (Fsp3) is 0.588. The summed E-state index contributed by atoms with van der Waals surface area (Å²) in [6.45, 7) is 7.78. The highest BCUT2D eigenvalue weighted by Gasteiger charge is 2.50. The minimum Gasteiger partial charge on any atom is -0.398 e.